The number of nitrogens with zero attached hydrogens (tertiary/aromatic N) is 6. The van der Waals surface area contributed by atoms with Crippen molar-refractivity contribution in [2.24, 2.45) is 0 Å². The third-order valence-electron chi connectivity index (χ3n) is 12.5. The molecule has 6 nitrogen and oxygen atoms in total. The molecule has 3 aromatic heterocycles. The molecule has 0 radical (unpaired) electrons. The Kier molecular flexibility index (Phi) is 9.16. The van der Waals surface area contributed by atoms with E-state index in [0.29, 0.717) is 17.0 Å². The summed E-state index contributed by atoms with van der Waals surface area (Å²) < 4.78 is 4.78. The van der Waals surface area contributed by atoms with Crippen LogP contribution in [-0.2, 0) is 0 Å². The molecule has 12 rings (SSSR count). The Bertz CT molecular complexity index is 3810. The molecule has 3 heterocycles. The van der Waals surface area contributed by atoms with E-state index in [0.717, 1.165) is 99.9 Å². The summed E-state index contributed by atoms with van der Waals surface area (Å²) in [6.45, 7) is 0. The summed E-state index contributed by atoms with van der Waals surface area (Å²) in [5.41, 5.74) is 15.2. The van der Waals surface area contributed by atoms with E-state index in [1.165, 1.54) is 5.39 Å². The Balaban J connectivity index is 1.25. The van der Waals surface area contributed by atoms with Crippen LogP contribution in [0.1, 0.15) is 11.1 Å². The van der Waals surface area contributed by atoms with E-state index in [1.54, 1.807) is 0 Å². The van der Waals surface area contributed by atoms with Gasteiger partial charge in [-0.2, -0.15) is 10.5 Å². The topological polar surface area (TPSA) is 83.2 Å². The lowest BCUT2D eigenvalue weighted by molar-refractivity contribution is 1.17. The molecule has 12 aromatic rings. The monoisotopic (exact) mass is 840 g/mol. The van der Waals surface area contributed by atoms with Gasteiger partial charge in [-0.05, 0) is 83.9 Å². The molecule has 0 N–H and O–H groups in total. The van der Waals surface area contributed by atoms with E-state index < -0.39 is 0 Å². The van der Waals surface area contributed by atoms with Gasteiger partial charge in [0.15, 0.2) is 5.82 Å². The zero-order valence-corrected chi connectivity index (χ0v) is 35.5. The van der Waals surface area contributed by atoms with Crippen LogP contribution in [0.4, 0.5) is 0 Å². The fourth-order valence-corrected chi connectivity index (χ4v) is 9.64. The second-order valence-corrected chi connectivity index (χ2v) is 16.4. The van der Waals surface area contributed by atoms with E-state index >= 15 is 0 Å². The van der Waals surface area contributed by atoms with E-state index in [1.807, 2.05) is 84.9 Å². The van der Waals surface area contributed by atoms with Crippen LogP contribution in [-0.4, -0.2) is 19.1 Å². The summed E-state index contributed by atoms with van der Waals surface area (Å²) in [7, 11) is 0. The minimum absolute atomic E-state index is 0.549. The third kappa shape index (κ3) is 6.33. The molecule has 0 spiro atoms. The van der Waals surface area contributed by atoms with Crippen LogP contribution in [0.5, 0.6) is 0 Å². The maximum absolute atomic E-state index is 10.3. The van der Waals surface area contributed by atoms with Crippen LogP contribution in [0, 0.1) is 22.7 Å². The maximum atomic E-state index is 10.3. The van der Waals surface area contributed by atoms with Crippen LogP contribution in [0.15, 0.2) is 218 Å². The smallest absolute Gasteiger partial charge is 0.160 e. The third-order valence-corrected chi connectivity index (χ3v) is 12.5. The van der Waals surface area contributed by atoms with Gasteiger partial charge in [0.2, 0.25) is 0 Å². The normalized spacial score (nSPS) is 11.3. The maximum Gasteiger partial charge on any atom is 0.160 e. The number of aromatic nitrogens is 4. The summed E-state index contributed by atoms with van der Waals surface area (Å²) >= 11 is 0. The second kappa shape index (κ2) is 15.8. The fraction of sp³-hybridized carbons (Fsp3) is 0. The first-order valence-electron chi connectivity index (χ1n) is 21.9. The summed E-state index contributed by atoms with van der Waals surface area (Å²) in [5, 5.41) is 25.2. The molecular weight excluding hydrogens is 805 g/mol. The van der Waals surface area contributed by atoms with Gasteiger partial charge in [0.1, 0.15) is 0 Å². The first-order chi connectivity index (χ1) is 32.6. The zero-order valence-electron chi connectivity index (χ0n) is 35.5. The van der Waals surface area contributed by atoms with Crippen LogP contribution in [0.25, 0.3) is 111 Å². The molecule has 0 aliphatic carbocycles. The lowest BCUT2D eigenvalue weighted by atomic mass is 9.90. The molecule has 66 heavy (non-hydrogen) atoms. The average Bonchev–Trinajstić information content (AvgIpc) is 3.92. The number of nitriles is 2. The number of fused-ring (bicyclic) bond motifs is 7. The molecule has 9 aromatic carbocycles. The highest BCUT2D eigenvalue weighted by molar-refractivity contribution is 6.26. The van der Waals surface area contributed by atoms with Gasteiger partial charge >= 0.3 is 0 Å². The van der Waals surface area contributed by atoms with Gasteiger partial charge in [-0.3, -0.25) is 0 Å². The highest BCUT2D eigenvalue weighted by Crippen LogP contribution is 2.47. The van der Waals surface area contributed by atoms with Crippen molar-refractivity contribution in [3.05, 3.63) is 230 Å². The van der Waals surface area contributed by atoms with Gasteiger partial charge in [-0.25, -0.2) is 9.97 Å². The summed E-state index contributed by atoms with van der Waals surface area (Å²) in [5.74, 6) is 0.609. The van der Waals surface area contributed by atoms with Crippen molar-refractivity contribution in [2.45, 2.75) is 0 Å². The predicted octanol–water partition coefficient (Wildman–Crippen LogP) is 14.7. The molecule has 0 fully saturated rings. The average molecular weight is 841 g/mol. The Hall–Kier alpha value is -9.36. The van der Waals surface area contributed by atoms with Crippen molar-refractivity contribution in [1.82, 2.24) is 19.1 Å². The summed E-state index contributed by atoms with van der Waals surface area (Å²) in [6, 6.07) is 79.5. The van der Waals surface area contributed by atoms with Gasteiger partial charge < -0.3 is 9.13 Å². The Morgan fingerprint density at radius 3 is 1.50 bits per heavy atom. The lowest BCUT2D eigenvalue weighted by Gasteiger charge is -2.21. The number of benzene rings is 9. The molecule has 0 bridgehead atoms. The van der Waals surface area contributed by atoms with Crippen molar-refractivity contribution >= 4 is 43.6 Å². The first-order valence-corrected chi connectivity index (χ1v) is 21.9. The quantitative estimate of drug-likeness (QED) is 0.160. The van der Waals surface area contributed by atoms with Crippen LogP contribution in [0.3, 0.4) is 0 Å². The Labute approximate surface area is 380 Å². The van der Waals surface area contributed by atoms with E-state index in [2.05, 4.69) is 155 Å². The van der Waals surface area contributed by atoms with E-state index in [-0.39, 0.29) is 0 Å². The van der Waals surface area contributed by atoms with Crippen molar-refractivity contribution in [1.29, 1.82) is 10.5 Å². The zero-order chi connectivity index (χ0) is 44.1. The van der Waals surface area contributed by atoms with Crippen molar-refractivity contribution in [2.75, 3.05) is 0 Å². The number of rotatable bonds is 7. The molecule has 0 unspecified atom stereocenters. The highest BCUT2D eigenvalue weighted by Gasteiger charge is 2.26. The summed E-state index contributed by atoms with van der Waals surface area (Å²) in [4.78, 5) is 10.4. The van der Waals surface area contributed by atoms with Crippen LogP contribution < -0.4 is 0 Å². The van der Waals surface area contributed by atoms with Gasteiger partial charge in [0.05, 0.1) is 62.4 Å². The highest BCUT2D eigenvalue weighted by atomic mass is 15.0. The Morgan fingerprint density at radius 2 is 0.879 bits per heavy atom. The minimum atomic E-state index is 0.549. The number of para-hydroxylation sites is 3. The molecule has 0 aliphatic rings. The molecule has 0 saturated carbocycles. The molecule has 0 atom stereocenters. The van der Waals surface area contributed by atoms with Crippen molar-refractivity contribution in [3.63, 3.8) is 0 Å². The molecule has 0 amide bonds. The standard InChI is InChI=1S/C60H36N6/c61-37-39-16-14-22-43(32-39)50-34-45(53-36-52(41-18-4-1-5-19-41)63-60(64-53)42-20-6-2-7-21-42)35-51(44-23-15-17-40(33-44)38-62)58(50)66-55-29-13-11-27-49(55)57-56(66)31-30-48-47-26-10-12-28-54(47)65(59(48)57)46-24-8-3-9-25-46/h1-36H. The van der Waals surface area contributed by atoms with Crippen molar-refractivity contribution < 1.29 is 0 Å². The lowest BCUT2D eigenvalue weighted by Crippen LogP contribution is -2.03. The van der Waals surface area contributed by atoms with Gasteiger partial charge in [0.25, 0.3) is 0 Å². The predicted molar refractivity (Wildman–Crippen MR) is 267 cm³/mol. The van der Waals surface area contributed by atoms with Gasteiger partial charge in [-0.15, -0.1) is 0 Å². The minimum Gasteiger partial charge on any atom is -0.309 e. The van der Waals surface area contributed by atoms with Crippen LogP contribution >= 0.6 is 0 Å². The second-order valence-electron chi connectivity index (χ2n) is 16.4. The van der Waals surface area contributed by atoms with Crippen LogP contribution in [0.2, 0.25) is 0 Å². The van der Waals surface area contributed by atoms with E-state index in [4.69, 9.17) is 9.97 Å². The SMILES string of the molecule is N#Cc1cccc(-c2cc(-c3cc(-c4ccccc4)nc(-c4ccccc4)n3)cc(-c3cccc(C#N)c3)c2-n2c3ccccc3c3c2ccc2c4ccccc4n(-c4ccccc4)c23)c1. The molecule has 6 heteroatoms. The molecule has 0 saturated heterocycles. The molecule has 306 valence electrons. The summed E-state index contributed by atoms with van der Waals surface area (Å²) in [6.07, 6.45) is 0. The number of hydrogen-bond donors (Lipinski definition) is 0. The Morgan fingerprint density at radius 1 is 0.364 bits per heavy atom. The largest absolute Gasteiger partial charge is 0.309 e. The number of hydrogen-bond acceptors (Lipinski definition) is 4. The van der Waals surface area contributed by atoms with Gasteiger partial charge in [-0.1, -0.05) is 146 Å². The van der Waals surface area contributed by atoms with E-state index in [9.17, 15) is 10.5 Å². The van der Waals surface area contributed by atoms with Crippen molar-refractivity contribution in [3.8, 4) is 79.7 Å². The first kappa shape index (κ1) is 38.3. The molecular formula is C60H36N6. The fourth-order valence-electron chi connectivity index (χ4n) is 9.64. The van der Waals surface area contributed by atoms with Gasteiger partial charge in [0, 0.05) is 55.0 Å². The molecule has 0 aliphatic heterocycles.